The van der Waals surface area contributed by atoms with Crippen LogP contribution in [0, 0.1) is 5.92 Å². The van der Waals surface area contributed by atoms with Crippen LogP contribution in [0.3, 0.4) is 0 Å². The Morgan fingerprint density at radius 3 is 2.46 bits per heavy atom. The van der Waals surface area contributed by atoms with Crippen LogP contribution >= 0.6 is 10.7 Å². The lowest BCUT2D eigenvalue weighted by atomic mass is 10.1. The Morgan fingerprint density at radius 2 is 1.83 bits per heavy atom. The molecule has 2 heterocycles. The molecular formula is C16H21ClN2O4S. The number of morpholine rings is 1. The molecule has 0 aliphatic carbocycles. The Kier molecular flexibility index (Phi) is 5.32. The Balaban J connectivity index is 1.58. The molecule has 24 heavy (non-hydrogen) atoms. The summed E-state index contributed by atoms with van der Waals surface area (Å²) in [5.74, 6) is -0.377. The third kappa shape index (κ3) is 4.62. The number of rotatable bonds is 5. The highest BCUT2D eigenvalue weighted by atomic mass is 35.7. The van der Waals surface area contributed by atoms with E-state index < -0.39 is 9.05 Å². The van der Waals surface area contributed by atoms with Gasteiger partial charge in [-0.1, -0.05) is 12.1 Å². The van der Waals surface area contributed by atoms with Gasteiger partial charge in [-0.2, -0.15) is 0 Å². The van der Waals surface area contributed by atoms with Crippen molar-refractivity contribution >= 4 is 31.3 Å². The number of ether oxygens (including phenoxy) is 1. The van der Waals surface area contributed by atoms with Crippen LogP contribution in [-0.2, 0) is 25.1 Å². The zero-order valence-corrected chi connectivity index (χ0v) is 14.9. The lowest BCUT2D eigenvalue weighted by Crippen LogP contribution is -2.36. The van der Waals surface area contributed by atoms with Crippen molar-refractivity contribution in [1.29, 1.82) is 0 Å². The fourth-order valence-electron chi connectivity index (χ4n) is 3.25. The molecule has 1 aromatic carbocycles. The molecule has 0 N–H and O–H groups in total. The molecule has 2 aliphatic heterocycles. The van der Waals surface area contributed by atoms with E-state index in [0.29, 0.717) is 13.1 Å². The summed E-state index contributed by atoms with van der Waals surface area (Å²) in [6, 6.07) is 8.15. The van der Waals surface area contributed by atoms with Crippen molar-refractivity contribution in [3.8, 4) is 0 Å². The van der Waals surface area contributed by atoms with Gasteiger partial charge in [-0.25, -0.2) is 8.42 Å². The number of benzene rings is 1. The van der Waals surface area contributed by atoms with E-state index in [1.165, 1.54) is 0 Å². The van der Waals surface area contributed by atoms with Crippen LogP contribution in [0.5, 0.6) is 0 Å². The van der Waals surface area contributed by atoms with E-state index >= 15 is 0 Å². The van der Waals surface area contributed by atoms with E-state index in [0.717, 1.165) is 37.6 Å². The third-order valence-corrected chi connectivity index (χ3v) is 5.66. The second-order valence-corrected chi connectivity index (χ2v) is 9.14. The van der Waals surface area contributed by atoms with Gasteiger partial charge >= 0.3 is 0 Å². The van der Waals surface area contributed by atoms with Crippen LogP contribution in [0.15, 0.2) is 24.3 Å². The Morgan fingerprint density at radius 1 is 1.17 bits per heavy atom. The van der Waals surface area contributed by atoms with Gasteiger partial charge < -0.3 is 14.5 Å². The first-order valence-corrected chi connectivity index (χ1v) is 10.5. The molecule has 2 saturated heterocycles. The minimum atomic E-state index is -3.57. The molecule has 3 rings (SSSR count). The Hall–Kier alpha value is -1.31. The maximum Gasteiger partial charge on any atom is 0.232 e. The summed E-state index contributed by atoms with van der Waals surface area (Å²) in [7, 11) is 1.72. The summed E-state index contributed by atoms with van der Waals surface area (Å²) in [5.41, 5.74) is 2.19. The maximum absolute atomic E-state index is 12.1. The molecule has 6 nitrogen and oxygen atoms in total. The first-order chi connectivity index (χ1) is 11.4. The minimum Gasteiger partial charge on any atom is -0.378 e. The number of hydrogen-bond acceptors (Lipinski definition) is 5. The molecule has 0 radical (unpaired) electrons. The standard InChI is InChI=1S/C16H21ClN2O4S/c17-24(21,22)12-14-9-16(20)19(11-14)10-13-1-3-15(4-2-13)18-5-7-23-8-6-18/h1-4,14H,5-12H2. The van der Waals surface area contributed by atoms with E-state index in [1.807, 2.05) is 12.1 Å². The zero-order chi connectivity index (χ0) is 17.2. The quantitative estimate of drug-likeness (QED) is 0.732. The predicted octanol–water partition coefficient (Wildman–Crippen LogP) is 1.44. The summed E-state index contributed by atoms with van der Waals surface area (Å²) in [6.07, 6.45) is 0.248. The maximum atomic E-state index is 12.1. The number of nitrogens with zero attached hydrogens (tertiary/aromatic N) is 2. The van der Waals surface area contributed by atoms with Crippen molar-refractivity contribution in [2.45, 2.75) is 13.0 Å². The van der Waals surface area contributed by atoms with Gasteiger partial charge in [-0.3, -0.25) is 4.79 Å². The minimum absolute atomic E-state index is 0.0161. The van der Waals surface area contributed by atoms with E-state index in [9.17, 15) is 13.2 Å². The summed E-state index contributed by atoms with van der Waals surface area (Å²) in [4.78, 5) is 16.0. The Labute approximate surface area is 146 Å². The van der Waals surface area contributed by atoms with Crippen molar-refractivity contribution < 1.29 is 17.9 Å². The number of likely N-dealkylation sites (tertiary alicyclic amines) is 1. The SMILES string of the molecule is O=C1CC(CS(=O)(=O)Cl)CN1Cc1ccc(N2CCOCC2)cc1. The molecule has 1 amide bonds. The van der Waals surface area contributed by atoms with E-state index in [-0.39, 0.29) is 24.0 Å². The molecule has 1 unspecified atom stereocenters. The molecule has 2 fully saturated rings. The van der Waals surface area contributed by atoms with Crippen LogP contribution in [0.4, 0.5) is 5.69 Å². The second-order valence-electron chi connectivity index (χ2n) is 6.32. The smallest absolute Gasteiger partial charge is 0.232 e. The average molecular weight is 373 g/mol. The van der Waals surface area contributed by atoms with Crippen molar-refractivity contribution in [3.05, 3.63) is 29.8 Å². The number of carbonyl (C=O) groups excluding carboxylic acids is 1. The highest BCUT2D eigenvalue weighted by Gasteiger charge is 2.32. The monoisotopic (exact) mass is 372 g/mol. The molecule has 1 aromatic rings. The van der Waals surface area contributed by atoms with Gasteiger partial charge in [0.25, 0.3) is 0 Å². The Bertz CT molecular complexity index is 687. The van der Waals surface area contributed by atoms with Crippen LogP contribution in [0.1, 0.15) is 12.0 Å². The fraction of sp³-hybridized carbons (Fsp3) is 0.562. The highest BCUT2D eigenvalue weighted by molar-refractivity contribution is 8.13. The largest absolute Gasteiger partial charge is 0.378 e. The van der Waals surface area contributed by atoms with Gasteiger partial charge in [0.15, 0.2) is 0 Å². The summed E-state index contributed by atoms with van der Waals surface area (Å²) in [6.45, 7) is 4.21. The lowest BCUT2D eigenvalue weighted by Gasteiger charge is -2.29. The van der Waals surface area contributed by atoms with Gasteiger partial charge in [0.2, 0.25) is 15.0 Å². The fourth-order valence-corrected chi connectivity index (χ4v) is 4.57. The van der Waals surface area contributed by atoms with Crippen molar-refractivity contribution in [1.82, 2.24) is 4.90 Å². The molecule has 0 spiro atoms. The molecule has 132 valence electrons. The van der Waals surface area contributed by atoms with Crippen LogP contribution in [-0.4, -0.2) is 57.8 Å². The van der Waals surface area contributed by atoms with Gasteiger partial charge in [0.05, 0.1) is 19.0 Å². The molecule has 2 aliphatic rings. The van der Waals surface area contributed by atoms with Gasteiger partial charge in [0, 0.05) is 54.9 Å². The lowest BCUT2D eigenvalue weighted by molar-refractivity contribution is -0.128. The number of halogens is 1. The molecule has 8 heteroatoms. The third-order valence-electron chi connectivity index (χ3n) is 4.42. The van der Waals surface area contributed by atoms with Crippen molar-refractivity contribution in [3.63, 3.8) is 0 Å². The first kappa shape index (κ1) is 17.5. The zero-order valence-electron chi connectivity index (χ0n) is 13.4. The summed E-state index contributed by atoms with van der Waals surface area (Å²) in [5, 5.41) is 0. The average Bonchev–Trinajstić information content (AvgIpc) is 2.86. The first-order valence-electron chi connectivity index (χ1n) is 8.02. The molecular weight excluding hydrogens is 352 g/mol. The van der Waals surface area contributed by atoms with E-state index in [1.54, 1.807) is 4.90 Å². The van der Waals surface area contributed by atoms with Crippen LogP contribution in [0.2, 0.25) is 0 Å². The molecule has 1 atom stereocenters. The molecule has 0 bridgehead atoms. The van der Waals surface area contributed by atoms with E-state index in [4.69, 9.17) is 15.4 Å². The number of hydrogen-bond donors (Lipinski definition) is 0. The van der Waals surface area contributed by atoms with Gasteiger partial charge in [0.1, 0.15) is 0 Å². The van der Waals surface area contributed by atoms with Crippen LogP contribution in [0.25, 0.3) is 0 Å². The molecule has 0 saturated carbocycles. The predicted molar refractivity (Wildman–Crippen MR) is 92.6 cm³/mol. The van der Waals surface area contributed by atoms with Gasteiger partial charge in [-0.15, -0.1) is 0 Å². The van der Waals surface area contributed by atoms with Crippen LogP contribution < -0.4 is 4.90 Å². The number of anilines is 1. The highest BCUT2D eigenvalue weighted by Crippen LogP contribution is 2.24. The topological polar surface area (TPSA) is 66.9 Å². The number of carbonyl (C=O) groups is 1. The molecule has 0 aromatic heterocycles. The van der Waals surface area contributed by atoms with E-state index in [2.05, 4.69) is 17.0 Å². The second kappa shape index (κ2) is 7.29. The van der Waals surface area contributed by atoms with Crippen molar-refractivity contribution in [2.24, 2.45) is 5.92 Å². The summed E-state index contributed by atoms with van der Waals surface area (Å²) < 4.78 is 27.7. The number of amides is 1. The normalized spacial score (nSPS) is 22.2. The van der Waals surface area contributed by atoms with Gasteiger partial charge in [-0.05, 0) is 17.7 Å². The van der Waals surface area contributed by atoms with Crippen molar-refractivity contribution in [2.75, 3.05) is 43.5 Å². The summed E-state index contributed by atoms with van der Waals surface area (Å²) >= 11 is 0.